The summed E-state index contributed by atoms with van der Waals surface area (Å²) in [5, 5.41) is 1.30. The highest BCUT2D eigenvalue weighted by atomic mass is 35.5. The van der Waals surface area contributed by atoms with Crippen molar-refractivity contribution in [3.05, 3.63) is 41.2 Å². The molecule has 1 N–H and O–H groups in total. The van der Waals surface area contributed by atoms with Gasteiger partial charge < -0.3 is 4.74 Å². The van der Waals surface area contributed by atoms with Crippen molar-refractivity contribution in [3.8, 4) is 0 Å². The summed E-state index contributed by atoms with van der Waals surface area (Å²) in [5.41, 5.74) is 2.42. The molecule has 0 atom stereocenters. The molecule has 1 aromatic rings. The van der Waals surface area contributed by atoms with E-state index in [1.165, 1.54) is 0 Å². The molecule has 0 bridgehead atoms. The molecule has 0 saturated heterocycles. The van der Waals surface area contributed by atoms with Crippen LogP contribution in [-0.4, -0.2) is 24.2 Å². The molecule has 0 unspecified atom stereocenters. The Hall–Kier alpha value is -1.86. The lowest BCUT2D eigenvalue weighted by Crippen LogP contribution is -2.47. The van der Waals surface area contributed by atoms with E-state index in [2.05, 4.69) is 5.43 Å². The third kappa shape index (κ3) is 2.68. The summed E-state index contributed by atoms with van der Waals surface area (Å²) in [6, 6.07) is 8.27. The first kappa shape index (κ1) is 14.5. The predicted molar refractivity (Wildman–Crippen MR) is 69.4 cm³/mol. The summed E-state index contributed by atoms with van der Waals surface area (Å²) in [4.78, 5) is 11.7. The summed E-state index contributed by atoms with van der Waals surface area (Å²) >= 11 is 6.02. The second kappa shape index (κ2) is 6.06. The van der Waals surface area contributed by atoms with Gasteiger partial charge >= 0.3 is 12.5 Å². The summed E-state index contributed by atoms with van der Waals surface area (Å²) in [7, 11) is 0. The number of esters is 1. The minimum Gasteiger partial charge on any atom is -0.461 e. The van der Waals surface area contributed by atoms with E-state index in [0.717, 1.165) is 5.01 Å². The van der Waals surface area contributed by atoms with Gasteiger partial charge in [0.15, 0.2) is 10.9 Å². The number of nitrogens with one attached hydrogen (secondary N) is 1. The molecule has 1 heterocycles. The maximum absolute atomic E-state index is 13.1. The normalized spacial score (nSPS) is 15.8. The van der Waals surface area contributed by atoms with Crippen molar-refractivity contribution in [2.45, 2.75) is 13.5 Å². The van der Waals surface area contributed by atoms with Crippen LogP contribution in [0.15, 0.2) is 41.2 Å². The number of hydrazine groups is 2. The van der Waals surface area contributed by atoms with Gasteiger partial charge in [0.25, 0.3) is 0 Å². The lowest BCUT2D eigenvalue weighted by molar-refractivity contribution is -0.140. The predicted octanol–water partition coefficient (Wildman–Crippen LogP) is 2.42. The van der Waals surface area contributed by atoms with Crippen molar-refractivity contribution >= 4 is 23.3 Å². The largest absolute Gasteiger partial charge is 0.461 e. The molecule has 2 rings (SSSR count). The third-order valence-corrected chi connectivity index (χ3v) is 2.85. The van der Waals surface area contributed by atoms with Crippen molar-refractivity contribution in [1.82, 2.24) is 10.5 Å². The number of anilines is 1. The Kier molecular flexibility index (Phi) is 4.41. The molecule has 5 nitrogen and oxygen atoms in total. The molecule has 1 aliphatic rings. The fourth-order valence-electron chi connectivity index (χ4n) is 1.69. The number of nitrogens with zero attached hydrogens (tertiary/aromatic N) is 2. The standard InChI is InChI=1S/C12H12ClF2N3O2/c1-2-20-11(19)9-10(13)17(18(16-9)12(14)15)8-6-4-3-5-7-8/h3-7,12,16H,2H2,1H3. The van der Waals surface area contributed by atoms with Crippen molar-refractivity contribution < 1.29 is 18.3 Å². The van der Waals surface area contributed by atoms with Gasteiger partial charge in [0.2, 0.25) is 0 Å². The van der Waals surface area contributed by atoms with Crippen molar-refractivity contribution in [2.24, 2.45) is 0 Å². The van der Waals surface area contributed by atoms with Gasteiger partial charge in [-0.15, -0.1) is 0 Å². The smallest absolute Gasteiger partial charge is 0.359 e. The van der Waals surface area contributed by atoms with Crippen LogP contribution < -0.4 is 10.4 Å². The molecule has 0 spiro atoms. The number of benzene rings is 1. The molecule has 8 heteroatoms. The van der Waals surface area contributed by atoms with Gasteiger partial charge in [-0.3, -0.25) is 5.43 Å². The monoisotopic (exact) mass is 303 g/mol. The van der Waals surface area contributed by atoms with E-state index >= 15 is 0 Å². The Morgan fingerprint density at radius 2 is 2.05 bits per heavy atom. The number of rotatable bonds is 4. The Labute approximate surface area is 119 Å². The maximum atomic E-state index is 13.1. The number of carbonyl (C=O) groups excluding carboxylic acids is 1. The van der Waals surface area contributed by atoms with Gasteiger partial charge in [-0.25, -0.2) is 9.80 Å². The first-order chi connectivity index (χ1) is 9.56. The lowest BCUT2D eigenvalue weighted by atomic mass is 10.3. The average Bonchev–Trinajstić information content (AvgIpc) is 2.78. The molecule has 0 saturated carbocycles. The molecule has 108 valence electrons. The Morgan fingerprint density at radius 1 is 1.40 bits per heavy atom. The first-order valence-electron chi connectivity index (χ1n) is 5.82. The molecule has 1 aromatic carbocycles. The Balaban J connectivity index is 2.37. The number of ether oxygens (including phenoxy) is 1. The molecule has 1 aliphatic heterocycles. The molecule has 0 amide bonds. The van der Waals surface area contributed by atoms with Gasteiger partial charge in [-0.2, -0.15) is 8.78 Å². The van der Waals surface area contributed by atoms with Crippen LogP contribution in [0.3, 0.4) is 0 Å². The fourth-order valence-corrected chi connectivity index (χ4v) is 1.99. The second-order valence-electron chi connectivity index (χ2n) is 3.77. The minimum absolute atomic E-state index is 0.119. The van der Waals surface area contributed by atoms with Crippen LogP contribution in [0, 0.1) is 0 Å². The van der Waals surface area contributed by atoms with E-state index in [0.29, 0.717) is 10.8 Å². The van der Waals surface area contributed by atoms with E-state index in [9.17, 15) is 13.6 Å². The third-order valence-electron chi connectivity index (χ3n) is 2.50. The van der Waals surface area contributed by atoms with E-state index in [1.54, 1.807) is 37.3 Å². The molecule has 0 aliphatic carbocycles. The zero-order chi connectivity index (χ0) is 14.7. The van der Waals surface area contributed by atoms with Crippen molar-refractivity contribution in [1.29, 1.82) is 0 Å². The summed E-state index contributed by atoms with van der Waals surface area (Å²) in [5.74, 6) is -0.790. The number of halogens is 3. The Bertz CT molecular complexity index is 525. The van der Waals surface area contributed by atoms with Gasteiger partial charge in [0.05, 0.1) is 12.3 Å². The molecule has 0 radical (unpaired) electrons. The molecule has 0 fully saturated rings. The average molecular weight is 304 g/mol. The van der Waals surface area contributed by atoms with Crippen LogP contribution in [-0.2, 0) is 9.53 Å². The fraction of sp³-hybridized carbons (Fsp3) is 0.250. The SMILES string of the molecule is CCOC(=O)C1=C(Cl)N(c2ccccc2)N(C(F)F)N1. The zero-order valence-corrected chi connectivity index (χ0v) is 11.3. The highest BCUT2D eigenvalue weighted by molar-refractivity contribution is 6.33. The quantitative estimate of drug-likeness (QED) is 0.683. The highest BCUT2D eigenvalue weighted by Crippen LogP contribution is 2.31. The lowest BCUT2D eigenvalue weighted by Gasteiger charge is -2.28. The van der Waals surface area contributed by atoms with Crippen LogP contribution in [0.5, 0.6) is 0 Å². The van der Waals surface area contributed by atoms with Gasteiger partial charge in [-0.05, 0) is 19.1 Å². The summed E-state index contributed by atoms with van der Waals surface area (Å²) in [6.45, 7) is -1.16. The second-order valence-corrected chi connectivity index (χ2v) is 4.13. The number of para-hydroxylation sites is 1. The number of carbonyl (C=O) groups is 1. The molecule has 0 aromatic heterocycles. The van der Waals surface area contributed by atoms with E-state index in [4.69, 9.17) is 16.3 Å². The van der Waals surface area contributed by atoms with Crippen molar-refractivity contribution in [3.63, 3.8) is 0 Å². The molecular formula is C12H12ClF2N3O2. The first-order valence-corrected chi connectivity index (χ1v) is 6.20. The Morgan fingerprint density at radius 3 is 2.60 bits per heavy atom. The minimum atomic E-state index is -2.89. The number of hydrogen-bond acceptors (Lipinski definition) is 5. The number of hydrogen-bond donors (Lipinski definition) is 1. The molecule has 20 heavy (non-hydrogen) atoms. The van der Waals surface area contributed by atoms with E-state index in [-0.39, 0.29) is 17.5 Å². The summed E-state index contributed by atoms with van der Waals surface area (Å²) < 4.78 is 30.9. The topological polar surface area (TPSA) is 44.8 Å². The van der Waals surface area contributed by atoms with E-state index in [1.807, 2.05) is 0 Å². The van der Waals surface area contributed by atoms with Crippen LogP contribution in [0.1, 0.15) is 6.92 Å². The zero-order valence-electron chi connectivity index (χ0n) is 10.5. The van der Waals surface area contributed by atoms with Crippen molar-refractivity contribution in [2.75, 3.05) is 11.6 Å². The van der Waals surface area contributed by atoms with Crippen LogP contribution in [0.25, 0.3) is 0 Å². The van der Waals surface area contributed by atoms with Crippen LogP contribution in [0.2, 0.25) is 0 Å². The van der Waals surface area contributed by atoms with Crippen LogP contribution >= 0.6 is 11.6 Å². The molecular weight excluding hydrogens is 292 g/mol. The summed E-state index contributed by atoms with van der Waals surface area (Å²) in [6.07, 6.45) is 0. The van der Waals surface area contributed by atoms with Gasteiger partial charge in [-0.1, -0.05) is 34.9 Å². The van der Waals surface area contributed by atoms with Gasteiger partial charge in [0, 0.05) is 0 Å². The van der Waals surface area contributed by atoms with E-state index < -0.39 is 12.5 Å². The highest BCUT2D eigenvalue weighted by Gasteiger charge is 2.38. The van der Waals surface area contributed by atoms with Gasteiger partial charge in [0.1, 0.15) is 0 Å². The number of alkyl halides is 2. The van der Waals surface area contributed by atoms with Crippen LogP contribution in [0.4, 0.5) is 14.5 Å². The maximum Gasteiger partial charge on any atom is 0.359 e.